The van der Waals surface area contributed by atoms with Crippen LogP contribution in [0.15, 0.2) is 24.3 Å². The van der Waals surface area contributed by atoms with Gasteiger partial charge in [-0.1, -0.05) is 17.3 Å². The first-order chi connectivity index (χ1) is 9.54. The lowest BCUT2D eigenvalue weighted by Gasteiger charge is -2.06. The Balaban J connectivity index is 2.39. The van der Waals surface area contributed by atoms with Gasteiger partial charge < -0.3 is 4.74 Å². The van der Waals surface area contributed by atoms with Crippen LogP contribution in [0, 0.1) is 6.92 Å². The van der Waals surface area contributed by atoms with E-state index >= 15 is 0 Å². The Morgan fingerprint density at radius 2 is 2.20 bits per heavy atom. The molecule has 0 unspecified atom stereocenters. The fourth-order valence-electron chi connectivity index (χ4n) is 1.75. The van der Waals surface area contributed by atoms with Gasteiger partial charge in [0.1, 0.15) is 0 Å². The molecule has 2 aromatic rings. The van der Waals surface area contributed by atoms with Crippen molar-refractivity contribution in [2.45, 2.75) is 20.3 Å². The molecule has 7 heteroatoms. The van der Waals surface area contributed by atoms with E-state index in [1.807, 2.05) is 0 Å². The van der Waals surface area contributed by atoms with E-state index in [2.05, 4.69) is 10.3 Å². The molecule has 1 heterocycles. The summed E-state index contributed by atoms with van der Waals surface area (Å²) in [7, 11) is 0. The number of hydrogen-bond donors (Lipinski definition) is 0. The first-order valence-corrected chi connectivity index (χ1v) is 6.02. The third-order valence-corrected chi connectivity index (χ3v) is 2.73. The van der Waals surface area contributed by atoms with Gasteiger partial charge in [0.25, 0.3) is 6.43 Å². The van der Waals surface area contributed by atoms with Crippen LogP contribution in [0.1, 0.15) is 35.1 Å². The lowest BCUT2D eigenvalue weighted by Crippen LogP contribution is -2.07. The Morgan fingerprint density at radius 1 is 1.45 bits per heavy atom. The number of esters is 1. The molecule has 0 aliphatic heterocycles. The molecule has 0 aliphatic rings. The van der Waals surface area contributed by atoms with Crippen LogP contribution in [-0.4, -0.2) is 27.6 Å². The molecule has 0 aliphatic carbocycles. The summed E-state index contributed by atoms with van der Waals surface area (Å²) < 4.78 is 31.5. The van der Waals surface area contributed by atoms with Crippen LogP contribution in [0.2, 0.25) is 0 Å². The second kappa shape index (κ2) is 5.77. The molecule has 1 aromatic heterocycles. The SMILES string of the molecule is CCOC(=O)c1nnn(-c2cccc(C(F)F)c2)c1C. The van der Waals surface area contributed by atoms with Gasteiger partial charge in [-0.15, -0.1) is 5.10 Å². The van der Waals surface area contributed by atoms with Crippen molar-refractivity contribution in [1.29, 1.82) is 0 Å². The van der Waals surface area contributed by atoms with Crippen LogP contribution >= 0.6 is 0 Å². The Kier molecular flexibility index (Phi) is 4.07. The Bertz CT molecular complexity index is 626. The molecule has 0 bridgehead atoms. The molecule has 20 heavy (non-hydrogen) atoms. The van der Waals surface area contributed by atoms with Gasteiger partial charge in [0.2, 0.25) is 0 Å². The maximum Gasteiger partial charge on any atom is 0.360 e. The van der Waals surface area contributed by atoms with Crippen molar-refractivity contribution in [3.63, 3.8) is 0 Å². The number of alkyl halides is 2. The third kappa shape index (κ3) is 2.66. The molecule has 2 rings (SSSR count). The van der Waals surface area contributed by atoms with Crippen LogP contribution in [0.3, 0.4) is 0 Å². The standard InChI is InChI=1S/C13H13F2N3O2/c1-3-20-13(19)11-8(2)18(17-16-11)10-6-4-5-9(7-10)12(14)15/h4-7,12H,3H2,1-2H3. The predicted molar refractivity (Wildman–Crippen MR) is 67.0 cm³/mol. The van der Waals surface area contributed by atoms with Gasteiger partial charge >= 0.3 is 5.97 Å². The third-order valence-electron chi connectivity index (χ3n) is 2.73. The second-order valence-corrected chi connectivity index (χ2v) is 4.05. The summed E-state index contributed by atoms with van der Waals surface area (Å²) in [5.41, 5.74) is 0.822. The average Bonchev–Trinajstić information content (AvgIpc) is 2.81. The quantitative estimate of drug-likeness (QED) is 0.808. The van der Waals surface area contributed by atoms with Crippen LogP contribution < -0.4 is 0 Å². The molecular weight excluding hydrogens is 268 g/mol. The van der Waals surface area contributed by atoms with Gasteiger partial charge in [0.05, 0.1) is 18.0 Å². The second-order valence-electron chi connectivity index (χ2n) is 4.05. The van der Waals surface area contributed by atoms with E-state index in [1.54, 1.807) is 19.9 Å². The monoisotopic (exact) mass is 281 g/mol. The highest BCUT2D eigenvalue weighted by atomic mass is 19.3. The van der Waals surface area contributed by atoms with Gasteiger partial charge in [-0.05, 0) is 26.0 Å². The predicted octanol–water partition coefficient (Wildman–Crippen LogP) is 2.69. The largest absolute Gasteiger partial charge is 0.461 e. The number of rotatable bonds is 4. The Labute approximate surface area is 114 Å². The maximum atomic E-state index is 12.7. The summed E-state index contributed by atoms with van der Waals surface area (Å²) in [6.45, 7) is 3.54. The molecule has 0 spiro atoms. The topological polar surface area (TPSA) is 57.0 Å². The molecule has 0 N–H and O–H groups in total. The number of aromatic nitrogens is 3. The van der Waals surface area contributed by atoms with Crippen LogP contribution in [-0.2, 0) is 4.74 Å². The molecule has 5 nitrogen and oxygen atoms in total. The van der Waals surface area contributed by atoms with Gasteiger partial charge in [-0.25, -0.2) is 18.3 Å². The van der Waals surface area contributed by atoms with E-state index in [0.29, 0.717) is 11.4 Å². The molecule has 0 atom stereocenters. The summed E-state index contributed by atoms with van der Waals surface area (Å²) in [4.78, 5) is 11.6. The molecule has 0 saturated heterocycles. The van der Waals surface area contributed by atoms with Crippen LogP contribution in [0.25, 0.3) is 5.69 Å². The summed E-state index contributed by atoms with van der Waals surface area (Å²) in [6, 6.07) is 5.75. The number of hydrogen-bond acceptors (Lipinski definition) is 4. The first-order valence-electron chi connectivity index (χ1n) is 6.02. The highest BCUT2D eigenvalue weighted by Gasteiger charge is 2.18. The van der Waals surface area contributed by atoms with Gasteiger partial charge in [0.15, 0.2) is 5.69 Å². The van der Waals surface area contributed by atoms with E-state index in [9.17, 15) is 13.6 Å². The molecule has 0 saturated carbocycles. The molecule has 0 amide bonds. The van der Waals surface area contributed by atoms with Crippen molar-refractivity contribution in [2.24, 2.45) is 0 Å². The summed E-state index contributed by atoms with van der Waals surface area (Å²) in [5, 5.41) is 7.55. The first kappa shape index (κ1) is 14.1. The van der Waals surface area contributed by atoms with E-state index < -0.39 is 12.4 Å². The highest BCUT2D eigenvalue weighted by Crippen LogP contribution is 2.22. The highest BCUT2D eigenvalue weighted by molar-refractivity contribution is 5.88. The van der Waals surface area contributed by atoms with Crippen molar-refractivity contribution in [2.75, 3.05) is 6.61 Å². The zero-order valence-corrected chi connectivity index (χ0v) is 11.0. The fraction of sp³-hybridized carbons (Fsp3) is 0.308. The molecule has 106 valence electrons. The van der Waals surface area contributed by atoms with E-state index in [0.717, 1.165) is 0 Å². The molecule has 0 radical (unpaired) electrons. The van der Waals surface area contributed by atoms with E-state index in [4.69, 9.17) is 4.74 Å². The molecule has 1 aromatic carbocycles. The minimum atomic E-state index is -2.57. The summed E-state index contributed by atoms with van der Waals surface area (Å²) >= 11 is 0. The van der Waals surface area contributed by atoms with Gasteiger partial charge in [-0.2, -0.15) is 0 Å². The zero-order chi connectivity index (χ0) is 14.7. The van der Waals surface area contributed by atoms with Crippen LogP contribution in [0.5, 0.6) is 0 Å². The van der Waals surface area contributed by atoms with Gasteiger partial charge in [0, 0.05) is 5.56 Å². The minimum absolute atomic E-state index is 0.0781. The Hall–Kier alpha value is -2.31. The van der Waals surface area contributed by atoms with Crippen LogP contribution in [0.4, 0.5) is 8.78 Å². The average molecular weight is 281 g/mol. The smallest absolute Gasteiger partial charge is 0.360 e. The van der Waals surface area contributed by atoms with Crippen molar-refractivity contribution in [1.82, 2.24) is 15.0 Å². The molecular formula is C13H13F2N3O2. The van der Waals surface area contributed by atoms with E-state index in [-0.39, 0.29) is 17.9 Å². The maximum absolute atomic E-state index is 12.7. The minimum Gasteiger partial charge on any atom is -0.461 e. The van der Waals surface area contributed by atoms with Gasteiger partial charge in [-0.3, -0.25) is 0 Å². The van der Waals surface area contributed by atoms with Crippen molar-refractivity contribution in [3.8, 4) is 5.69 Å². The number of halogens is 2. The molecule has 0 fully saturated rings. The number of ether oxygens (including phenoxy) is 1. The number of benzene rings is 1. The number of carbonyl (C=O) groups excluding carboxylic acids is 1. The van der Waals surface area contributed by atoms with Crippen molar-refractivity contribution in [3.05, 3.63) is 41.2 Å². The number of nitrogens with zero attached hydrogens (tertiary/aromatic N) is 3. The zero-order valence-electron chi connectivity index (χ0n) is 11.0. The Morgan fingerprint density at radius 3 is 2.85 bits per heavy atom. The number of carbonyl (C=O) groups is 1. The summed E-state index contributed by atoms with van der Waals surface area (Å²) in [6.07, 6.45) is -2.57. The summed E-state index contributed by atoms with van der Waals surface area (Å²) in [5.74, 6) is -0.582. The van der Waals surface area contributed by atoms with Crippen molar-refractivity contribution >= 4 is 5.97 Å². The normalized spacial score (nSPS) is 10.8. The van der Waals surface area contributed by atoms with E-state index in [1.165, 1.54) is 22.9 Å². The van der Waals surface area contributed by atoms with Crippen molar-refractivity contribution < 1.29 is 18.3 Å². The lowest BCUT2D eigenvalue weighted by atomic mass is 10.2. The lowest BCUT2D eigenvalue weighted by molar-refractivity contribution is 0.0518. The fourth-order valence-corrected chi connectivity index (χ4v) is 1.75.